The highest BCUT2D eigenvalue weighted by atomic mass is 16.3. The summed E-state index contributed by atoms with van der Waals surface area (Å²) in [6.07, 6.45) is 5.28. The summed E-state index contributed by atoms with van der Waals surface area (Å²) in [5.74, 6) is -0.0411. The second kappa shape index (κ2) is 6.94. The van der Waals surface area contributed by atoms with Crippen molar-refractivity contribution >= 4 is 16.8 Å². The molecule has 118 valence electrons. The first-order valence-electron chi connectivity index (χ1n) is 7.98. The predicted octanol–water partition coefficient (Wildman–Crippen LogP) is 1.74. The number of aromatic nitrogens is 1. The minimum Gasteiger partial charge on any atom is -0.395 e. The molecular formula is C17H23N3O2. The third kappa shape index (κ3) is 3.31. The van der Waals surface area contributed by atoms with Gasteiger partial charge < -0.3 is 15.4 Å². The van der Waals surface area contributed by atoms with Crippen molar-refractivity contribution < 1.29 is 9.90 Å². The van der Waals surface area contributed by atoms with Crippen LogP contribution >= 0.6 is 0 Å². The number of piperidine rings is 1. The van der Waals surface area contributed by atoms with Crippen LogP contribution in [0, 0.1) is 0 Å². The number of amides is 1. The van der Waals surface area contributed by atoms with Gasteiger partial charge in [0.1, 0.15) is 0 Å². The summed E-state index contributed by atoms with van der Waals surface area (Å²) in [7, 11) is 0. The van der Waals surface area contributed by atoms with Gasteiger partial charge in [0.2, 0.25) is 0 Å². The molecule has 1 amide bonds. The Morgan fingerprint density at radius 2 is 2.27 bits per heavy atom. The van der Waals surface area contributed by atoms with Gasteiger partial charge in [-0.3, -0.25) is 9.69 Å². The van der Waals surface area contributed by atoms with E-state index in [9.17, 15) is 9.90 Å². The quantitative estimate of drug-likeness (QED) is 0.788. The largest absolute Gasteiger partial charge is 0.395 e. The number of carbonyl (C=O) groups excluding carboxylic acids is 1. The SMILES string of the molecule is O=C(NCCN1CCCC[C@H]1CO)c1ccc2[nH]ccc2c1. The Labute approximate surface area is 130 Å². The Bertz CT molecular complexity index is 638. The van der Waals surface area contributed by atoms with Crippen LogP contribution in [0.25, 0.3) is 10.9 Å². The highest BCUT2D eigenvalue weighted by molar-refractivity contribution is 5.98. The maximum absolute atomic E-state index is 12.2. The van der Waals surface area contributed by atoms with Crippen molar-refractivity contribution in [3.8, 4) is 0 Å². The lowest BCUT2D eigenvalue weighted by atomic mass is 10.0. The molecule has 0 bridgehead atoms. The molecule has 1 aromatic heterocycles. The van der Waals surface area contributed by atoms with Gasteiger partial charge in [-0.1, -0.05) is 6.42 Å². The standard InChI is InChI=1S/C17H23N3O2/c21-12-15-3-1-2-9-20(15)10-8-19-17(22)14-4-5-16-13(11-14)6-7-18-16/h4-7,11,15,18,21H,1-3,8-10,12H2,(H,19,22)/t15-/m0/s1. The van der Waals surface area contributed by atoms with Crippen LogP contribution in [0.15, 0.2) is 30.5 Å². The normalized spacial score (nSPS) is 19.4. The zero-order valence-electron chi connectivity index (χ0n) is 12.7. The first kappa shape index (κ1) is 15.1. The van der Waals surface area contributed by atoms with Crippen molar-refractivity contribution in [1.29, 1.82) is 0 Å². The maximum Gasteiger partial charge on any atom is 0.251 e. The summed E-state index contributed by atoms with van der Waals surface area (Å²) in [5, 5.41) is 13.4. The van der Waals surface area contributed by atoms with Crippen LogP contribution in [0.1, 0.15) is 29.6 Å². The zero-order valence-corrected chi connectivity index (χ0v) is 12.7. The zero-order chi connectivity index (χ0) is 15.4. The van der Waals surface area contributed by atoms with E-state index in [1.54, 1.807) is 0 Å². The van der Waals surface area contributed by atoms with Gasteiger partial charge in [-0.05, 0) is 43.7 Å². The summed E-state index contributed by atoms with van der Waals surface area (Å²) in [5.41, 5.74) is 1.72. The number of carbonyl (C=O) groups is 1. The van der Waals surface area contributed by atoms with E-state index >= 15 is 0 Å². The van der Waals surface area contributed by atoms with Crippen LogP contribution in [0.2, 0.25) is 0 Å². The molecule has 1 saturated heterocycles. The molecule has 5 heteroatoms. The summed E-state index contributed by atoms with van der Waals surface area (Å²) in [4.78, 5) is 17.6. The molecule has 1 aromatic carbocycles. The molecule has 0 unspecified atom stereocenters. The minimum absolute atomic E-state index is 0.0411. The van der Waals surface area contributed by atoms with Crippen molar-refractivity contribution in [2.75, 3.05) is 26.2 Å². The Morgan fingerprint density at radius 1 is 1.36 bits per heavy atom. The number of H-pyrrole nitrogens is 1. The van der Waals surface area contributed by atoms with Gasteiger partial charge in [0.15, 0.2) is 0 Å². The summed E-state index contributed by atoms with van der Waals surface area (Å²) in [6.45, 7) is 2.62. The molecule has 22 heavy (non-hydrogen) atoms. The molecule has 2 heterocycles. The highest BCUT2D eigenvalue weighted by Gasteiger charge is 2.21. The second-order valence-corrected chi connectivity index (χ2v) is 5.90. The van der Waals surface area contributed by atoms with E-state index in [-0.39, 0.29) is 18.6 Å². The van der Waals surface area contributed by atoms with Gasteiger partial charge in [-0.15, -0.1) is 0 Å². The molecule has 5 nitrogen and oxygen atoms in total. The van der Waals surface area contributed by atoms with Crippen molar-refractivity contribution in [2.45, 2.75) is 25.3 Å². The second-order valence-electron chi connectivity index (χ2n) is 5.90. The van der Waals surface area contributed by atoms with Gasteiger partial charge in [0.25, 0.3) is 5.91 Å². The minimum atomic E-state index is -0.0411. The lowest BCUT2D eigenvalue weighted by molar-refractivity contribution is 0.0849. The topological polar surface area (TPSA) is 68.4 Å². The molecule has 0 radical (unpaired) electrons. The number of rotatable bonds is 5. The molecule has 1 fully saturated rings. The smallest absolute Gasteiger partial charge is 0.251 e. The van der Waals surface area contributed by atoms with Gasteiger partial charge in [0.05, 0.1) is 6.61 Å². The molecule has 3 rings (SSSR count). The molecule has 2 aromatic rings. The molecule has 0 saturated carbocycles. The summed E-state index contributed by atoms with van der Waals surface area (Å²) >= 11 is 0. The number of nitrogens with one attached hydrogen (secondary N) is 2. The monoisotopic (exact) mass is 301 g/mol. The van der Waals surface area contributed by atoms with Crippen molar-refractivity contribution in [2.24, 2.45) is 0 Å². The fourth-order valence-electron chi connectivity index (χ4n) is 3.17. The fourth-order valence-corrected chi connectivity index (χ4v) is 3.17. The number of nitrogens with zero attached hydrogens (tertiary/aromatic N) is 1. The molecule has 1 aliphatic heterocycles. The Kier molecular flexibility index (Phi) is 4.75. The van der Waals surface area contributed by atoms with E-state index in [1.165, 1.54) is 12.8 Å². The van der Waals surface area contributed by atoms with Crippen molar-refractivity contribution in [3.63, 3.8) is 0 Å². The predicted molar refractivity (Wildman–Crippen MR) is 86.9 cm³/mol. The number of aromatic amines is 1. The first-order valence-corrected chi connectivity index (χ1v) is 7.98. The number of hydrogen-bond acceptors (Lipinski definition) is 3. The van der Waals surface area contributed by atoms with Crippen LogP contribution in [-0.4, -0.2) is 53.2 Å². The van der Waals surface area contributed by atoms with Crippen LogP contribution in [0.4, 0.5) is 0 Å². The number of benzene rings is 1. The number of aliphatic hydroxyl groups excluding tert-OH is 1. The van der Waals surface area contributed by atoms with Crippen molar-refractivity contribution in [1.82, 2.24) is 15.2 Å². The van der Waals surface area contributed by atoms with E-state index in [0.29, 0.717) is 12.1 Å². The number of aliphatic hydroxyl groups is 1. The summed E-state index contributed by atoms with van der Waals surface area (Å²) < 4.78 is 0. The van der Waals surface area contributed by atoms with Crippen molar-refractivity contribution in [3.05, 3.63) is 36.0 Å². The Hall–Kier alpha value is -1.85. The van der Waals surface area contributed by atoms with Gasteiger partial charge in [-0.25, -0.2) is 0 Å². The number of hydrogen-bond donors (Lipinski definition) is 3. The molecule has 3 N–H and O–H groups in total. The lowest BCUT2D eigenvalue weighted by Crippen LogP contribution is -2.45. The third-order valence-electron chi connectivity index (χ3n) is 4.46. The van der Waals surface area contributed by atoms with Gasteiger partial charge >= 0.3 is 0 Å². The Balaban J connectivity index is 1.53. The maximum atomic E-state index is 12.2. The van der Waals surface area contributed by atoms with Gasteiger partial charge in [-0.2, -0.15) is 0 Å². The number of fused-ring (bicyclic) bond motifs is 1. The molecular weight excluding hydrogens is 278 g/mol. The molecule has 1 atom stereocenters. The molecule has 0 aliphatic carbocycles. The van der Waals surface area contributed by atoms with Crippen LogP contribution in [0.5, 0.6) is 0 Å². The van der Waals surface area contributed by atoms with Crippen LogP contribution in [0.3, 0.4) is 0 Å². The van der Waals surface area contributed by atoms with E-state index in [4.69, 9.17) is 0 Å². The third-order valence-corrected chi connectivity index (χ3v) is 4.46. The fraction of sp³-hybridized carbons (Fsp3) is 0.471. The number of likely N-dealkylation sites (tertiary alicyclic amines) is 1. The van der Waals surface area contributed by atoms with E-state index in [0.717, 1.165) is 30.4 Å². The van der Waals surface area contributed by atoms with E-state index in [1.807, 2.05) is 30.5 Å². The van der Waals surface area contributed by atoms with Crippen LogP contribution in [-0.2, 0) is 0 Å². The van der Waals surface area contributed by atoms with E-state index in [2.05, 4.69) is 15.2 Å². The highest BCUT2D eigenvalue weighted by Crippen LogP contribution is 2.16. The molecule has 1 aliphatic rings. The summed E-state index contributed by atoms with van der Waals surface area (Å²) in [6, 6.07) is 7.88. The molecule has 0 spiro atoms. The van der Waals surface area contributed by atoms with Crippen LogP contribution < -0.4 is 5.32 Å². The van der Waals surface area contributed by atoms with E-state index < -0.39 is 0 Å². The average molecular weight is 301 g/mol. The average Bonchev–Trinajstić information content (AvgIpc) is 3.02. The first-order chi connectivity index (χ1) is 10.8. The lowest BCUT2D eigenvalue weighted by Gasteiger charge is -2.34. The Morgan fingerprint density at radius 3 is 3.14 bits per heavy atom. The van der Waals surface area contributed by atoms with Gasteiger partial charge in [0, 0.05) is 41.8 Å².